The molecule has 0 spiro atoms. The van der Waals surface area contributed by atoms with E-state index in [2.05, 4.69) is 5.92 Å². The normalized spacial score (nSPS) is 19.0. The maximum Gasteiger partial charge on any atom is 0.339 e. The molecule has 13 heavy (non-hydrogen) atoms. The lowest BCUT2D eigenvalue weighted by Gasteiger charge is -2.04. The molecule has 0 aromatic heterocycles. The summed E-state index contributed by atoms with van der Waals surface area (Å²) in [5.41, 5.74) is 1.55. The van der Waals surface area contributed by atoms with E-state index in [4.69, 9.17) is 11.2 Å². The zero-order chi connectivity index (χ0) is 9.26. The van der Waals surface area contributed by atoms with Crippen LogP contribution < -0.4 is 0 Å². The third kappa shape index (κ3) is 1.19. The molecule has 0 N–H and O–H groups in total. The molecule has 0 saturated heterocycles. The Morgan fingerprint density at radius 1 is 1.46 bits per heavy atom. The number of carbonyl (C=O) groups excluding carboxylic acids is 1. The van der Waals surface area contributed by atoms with Gasteiger partial charge in [0.1, 0.15) is 6.10 Å². The van der Waals surface area contributed by atoms with Gasteiger partial charge in [-0.15, -0.1) is 12.3 Å². The number of terminal acetylenes is 1. The van der Waals surface area contributed by atoms with Crippen LogP contribution >= 0.6 is 0 Å². The highest BCUT2D eigenvalue weighted by Crippen LogP contribution is 2.32. The van der Waals surface area contributed by atoms with Crippen molar-refractivity contribution in [1.29, 1.82) is 0 Å². The third-order valence-electron chi connectivity index (χ3n) is 2.08. The lowest BCUT2D eigenvalue weighted by Crippen LogP contribution is -1.96. The van der Waals surface area contributed by atoms with Crippen LogP contribution in [0.3, 0.4) is 0 Å². The van der Waals surface area contributed by atoms with E-state index in [-0.39, 0.29) is 12.1 Å². The Morgan fingerprint density at radius 3 is 3.00 bits per heavy atom. The smallest absolute Gasteiger partial charge is 0.339 e. The largest absolute Gasteiger partial charge is 0.453 e. The molecule has 0 aliphatic carbocycles. The standard InChI is InChI=1S/C11H8O2/c1-2-5-10-8-6-3-4-7-9(8)11(12)13-10/h1,3-4,6-7,10H,5H2. The van der Waals surface area contributed by atoms with Crippen molar-refractivity contribution < 1.29 is 9.53 Å². The van der Waals surface area contributed by atoms with Crippen LogP contribution in [0.4, 0.5) is 0 Å². The Balaban J connectivity index is 2.42. The van der Waals surface area contributed by atoms with E-state index in [0.717, 1.165) is 5.56 Å². The summed E-state index contributed by atoms with van der Waals surface area (Å²) in [7, 11) is 0. The Labute approximate surface area is 76.5 Å². The summed E-state index contributed by atoms with van der Waals surface area (Å²) < 4.78 is 5.09. The molecule has 1 unspecified atom stereocenters. The van der Waals surface area contributed by atoms with Gasteiger partial charge in [0.05, 0.1) is 12.0 Å². The first-order valence-electron chi connectivity index (χ1n) is 4.06. The number of carbonyl (C=O) groups is 1. The monoisotopic (exact) mass is 172 g/mol. The highest BCUT2D eigenvalue weighted by atomic mass is 16.5. The molecule has 0 saturated carbocycles. The Kier molecular flexibility index (Phi) is 1.79. The van der Waals surface area contributed by atoms with Crippen molar-refractivity contribution in [3.05, 3.63) is 35.4 Å². The van der Waals surface area contributed by atoms with E-state index >= 15 is 0 Å². The van der Waals surface area contributed by atoms with Gasteiger partial charge in [0, 0.05) is 5.56 Å². The van der Waals surface area contributed by atoms with E-state index in [1.54, 1.807) is 6.07 Å². The lowest BCUT2D eigenvalue weighted by molar-refractivity contribution is 0.0396. The van der Waals surface area contributed by atoms with E-state index in [1.807, 2.05) is 18.2 Å². The molecule has 64 valence electrons. The molecule has 1 aliphatic rings. The lowest BCUT2D eigenvalue weighted by atomic mass is 10.0. The number of fused-ring (bicyclic) bond motifs is 1. The molecular formula is C11H8O2. The summed E-state index contributed by atoms with van der Waals surface area (Å²) in [6.07, 6.45) is 5.37. The third-order valence-corrected chi connectivity index (χ3v) is 2.08. The van der Waals surface area contributed by atoms with Gasteiger partial charge in [0.2, 0.25) is 0 Å². The van der Waals surface area contributed by atoms with E-state index in [9.17, 15) is 4.79 Å². The minimum atomic E-state index is -0.268. The van der Waals surface area contributed by atoms with Gasteiger partial charge in [-0.1, -0.05) is 18.2 Å². The van der Waals surface area contributed by atoms with Crippen molar-refractivity contribution in [3.8, 4) is 12.3 Å². The zero-order valence-corrected chi connectivity index (χ0v) is 6.99. The first-order valence-corrected chi connectivity index (χ1v) is 4.06. The average molecular weight is 172 g/mol. The van der Waals surface area contributed by atoms with Crippen molar-refractivity contribution in [2.75, 3.05) is 0 Å². The molecule has 2 rings (SSSR count). The summed E-state index contributed by atoms with van der Waals surface area (Å²) in [6, 6.07) is 7.33. The average Bonchev–Trinajstić information content (AvgIpc) is 2.46. The zero-order valence-electron chi connectivity index (χ0n) is 6.99. The summed E-state index contributed by atoms with van der Waals surface area (Å²) in [6.45, 7) is 0. The number of cyclic esters (lactones) is 1. The van der Waals surface area contributed by atoms with E-state index < -0.39 is 0 Å². The maximum absolute atomic E-state index is 11.3. The molecular weight excluding hydrogens is 164 g/mol. The maximum atomic E-state index is 11.3. The second-order valence-electron chi connectivity index (χ2n) is 2.89. The Hall–Kier alpha value is -1.75. The Bertz CT molecular complexity index is 387. The van der Waals surface area contributed by atoms with Crippen LogP contribution in [0.15, 0.2) is 24.3 Å². The van der Waals surface area contributed by atoms with Gasteiger partial charge in [-0.05, 0) is 6.07 Å². The molecule has 1 aromatic rings. The van der Waals surface area contributed by atoms with E-state index in [0.29, 0.717) is 12.0 Å². The van der Waals surface area contributed by atoms with Crippen LogP contribution in [-0.4, -0.2) is 5.97 Å². The predicted octanol–water partition coefficient (Wildman–Crippen LogP) is 1.92. The van der Waals surface area contributed by atoms with Gasteiger partial charge >= 0.3 is 5.97 Å². The molecule has 0 amide bonds. The number of esters is 1. The van der Waals surface area contributed by atoms with Gasteiger partial charge in [0.15, 0.2) is 0 Å². The minimum absolute atomic E-state index is 0.242. The topological polar surface area (TPSA) is 26.3 Å². The van der Waals surface area contributed by atoms with Crippen LogP contribution in [0.2, 0.25) is 0 Å². The predicted molar refractivity (Wildman–Crippen MR) is 48.0 cm³/mol. The molecule has 0 fully saturated rings. The van der Waals surface area contributed by atoms with Crippen LogP contribution in [0, 0.1) is 12.3 Å². The summed E-state index contributed by atoms with van der Waals surface area (Å²) in [5, 5.41) is 0. The van der Waals surface area contributed by atoms with Crippen LogP contribution in [0.1, 0.15) is 28.4 Å². The summed E-state index contributed by atoms with van der Waals surface area (Å²) >= 11 is 0. The minimum Gasteiger partial charge on any atom is -0.453 e. The fourth-order valence-electron chi connectivity index (χ4n) is 1.48. The number of hydrogen-bond donors (Lipinski definition) is 0. The van der Waals surface area contributed by atoms with Gasteiger partial charge in [0.25, 0.3) is 0 Å². The molecule has 0 bridgehead atoms. The first kappa shape index (κ1) is 7.88. The fraction of sp³-hybridized carbons (Fsp3) is 0.182. The second-order valence-corrected chi connectivity index (χ2v) is 2.89. The van der Waals surface area contributed by atoms with Crippen LogP contribution in [0.5, 0.6) is 0 Å². The SMILES string of the molecule is C#CCC1OC(=O)c2ccccc21. The van der Waals surface area contributed by atoms with Gasteiger partial charge in [-0.2, -0.15) is 0 Å². The molecule has 1 aliphatic heterocycles. The molecule has 1 heterocycles. The summed E-state index contributed by atoms with van der Waals surface area (Å²) in [4.78, 5) is 11.3. The van der Waals surface area contributed by atoms with Crippen molar-refractivity contribution >= 4 is 5.97 Å². The first-order chi connectivity index (χ1) is 6.33. The number of ether oxygens (including phenoxy) is 1. The van der Waals surface area contributed by atoms with Crippen molar-refractivity contribution in [3.63, 3.8) is 0 Å². The molecule has 0 radical (unpaired) electrons. The highest BCUT2D eigenvalue weighted by Gasteiger charge is 2.29. The van der Waals surface area contributed by atoms with Crippen molar-refractivity contribution in [2.24, 2.45) is 0 Å². The second kappa shape index (κ2) is 2.95. The molecule has 2 heteroatoms. The quantitative estimate of drug-likeness (QED) is 0.478. The van der Waals surface area contributed by atoms with Crippen LogP contribution in [0.25, 0.3) is 0 Å². The number of rotatable bonds is 1. The number of benzene rings is 1. The van der Waals surface area contributed by atoms with Crippen molar-refractivity contribution in [1.82, 2.24) is 0 Å². The van der Waals surface area contributed by atoms with Crippen LogP contribution in [-0.2, 0) is 4.74 Å². The molecule has 1 aromatic carbocycles. The van der Waals surface area contributed by atoms with Gasteiger partial charge in [-0.3, -0.25) is 0 Å². The Morgan fingerprint density at radius 2 is 2.23 bits per heavy atom. The number of hydrogen-bond acceptors (Lipinski definition) is 2. The highest BCUT2D eigenvalue weighted by molar-refractivity contribution is 5.93. The molecule has 1 atom stereocenters. The van der Waals surface area contributed by atoms with Gasteiger partial charge in [-0.25, -0.2) is 4.79 Å². The summed E-state index contributed by atoms with van der Waals surface area (Å²) in [5.74, 6) is 2.23. The van der Waals surface area contributed by atoms with Crippen molar-refractivity contribution in [2.45, 2.75) is 12.5 Å². The molecule has 2 nitrogen and oxygen atoms in total. The van der Waals surface area contributed by atoms with E-state index in [1.165, 1.54) is 0 Å². The van der Waals surface area contributed by atoms with Gasteiger partial charge < -0.3 is 4.74 Å². The fourth-order valence-corrected chi connectivity index (χ4v) is 1.48.